The van der Waals surface area contributed by atoms with Gasteiger partial charge >= 0.3 is 0 Å². The first-order chi connectivity index (χ1) is 7.13. The molecule has 5 N–H and O–H groups in total. The van der Waals surface area contributed by atoms with Gasteiger partial charge in [-0.1, -0.05) is 6.92 Å². The quantitative estimate of drug-likeness (QED) is 0.212. The molecule has 0 rings (SSSR count). The smallest absolute Gasteiger partial charge is 0.221 e. The van der Waals surface area contributed by atoms with Gasteiger partial charge in [0.05, 0.1) is 0 Å². The molecule has 1 atom stereocenters. The molecule has 0 aliphatic carbocycles. The fourth-order valence-corrected chi connectivity index (χ4v) is 0.938. The zero-order chi connectivity index (χ0) is 11.7. The minimum Gasteiger partial charge on any atom is -0.355 e. The van der Waals surface area contributed by atoms with E-state index in [-0.39, 0.29) is 11.9 Å². The maximum absolute atomic E-state index is 11.3. The van der Waals surface area contributed by atoms with E-state index in [9.17, 15) is 4.79 Å². The lowest BCUT2D eigenvalue weighted by Gasteiger charge is -2.12. The monoisotopic (exact) mass is 215 g/mol. The summed E-state index contributed by atoms with van der Waals surface area (Å²) in [5.74, 6) is 5.67. The van der Waals surface area contributed by atoms with Crippen molar-refractivity contribution in [3.63, 3.8) is 0 Å². The maximum Gasteiger partial charge on any atom is 0.221 e. The van der Waals surface area contributed by atoms with Gasteiger partial charge < -0.3 is 10.6 Å². The van der Waals surface area contributed by atoms with Crippen molar-refractivity contribution < 1.29 is 4.79 Å². The number of hydrazine groups is 1. The second-order valence-corrected chi connectivity index (χ2v) is 3.27. The molecule has 0 spiro atoms. The Morgan fingerprint density at radius 3 is 2.67 bits per heavy atom. The number of aliphatic imine (C=N–C) groups is 1. The molecule has 0 bridgehead atoms. The van der Waals surface area contributed by atoms with Crippen molar-refractivity contribution >= 4 is 11.9 Å². The molecule has 6 nitrogen and oxygen atoms in total. The molecule has 0 aromatic heterocycles. The Kier molecular flexibility index (Phi) is 7.35. The van der Waals surface area contributed by atoms with E-state index < -0.39 is 0 Å². The van der Waals surface area contributed by atoms with E-state index in [1.807, 2.05) is 13.8 Å². The molecule has 15 heavy (non-hydrogen) atoms. The van der Waals surface area contributed by atoms with E-state index in [1.165, 1.54) is 0 Å². The molecule has 0 heterocycles. The van der Waals surface area contributed by atoms with E-state index in [4.69, 9.17) is 5.84 Å². The van der Waals surface area contributed by atoms with Crippen molar-refractivity contribution in [2.75, 3.05) is 13.6 Å². The standard InChI is InChI=1S/C9H21N5O/c1-4-7(2)13-8(15)5-6-12-9(11-3)14-10/h7H,4-6,10H2,1-3H3,(H,13,15)(H2,11,12,14). The first kappa shape index (κ1) is 13.7. The Hall–Kier alpha value is -1.30. The topological polar surface area (TPSA) is 91.5 Å². The van der Waals surface area contributed by atoms with Crippen molar-refractivity contribution in [2.24, 2.45) is 10.8 Å². The van der Waals surface area contributed by atoms with Gasteiger partial charge in [0, 0.05) is 26.1 Å². The van der Waals surface area contributed by atoms with Crippen molar-refractivity contribution in [1.82, 2.24) is 16.1 Å². The summed E-state index contributed by atoms with van der Waals surface area (Å²) in [6.45, 7) is 4.52. The van der Waals surface area contributed by atoms with Crippen LogP contribution in [0.1, 0.15) is 26.7 Å². The van der Waals surface area contributed by atoms with Crippen molar-refractivity contribution in [1.29, 1.82) is 0 Å². The van der Waals surface area contributed by atoms with Crippen LogP contribution >= 0.6 is 0 Å². The first-order valence-corrected chi connectivity index (χ1v) is 5.10. The Labute approximate surface area is 90.7 Å². The van der Waals surface area contributed by atoms with Gasteiger partial charge in [-0.2, -0.15) is 0 Å². The van der Waals surface area contributed by atoms with E-state index in [0.29, 0.717) is 18.9 Å². The highest BCUT2D eigenvalue weighted by Gasteiger charge is 2.04. The van der Waals surface area contributed by atoms with Gasteiger partial charge in [0.15, 0.2) is 0 Å². The average Bonchev–Trinajstić information content (AvgIpc) is 2.24. The Balaban J connectivity index is 3.63. The Bertz CT molecular complexity index is 217. The predicted octanol–water partition coefficient (Wildman–Crippen LogP) is -0.670. The zero-order valence-electron chi connectivity index (χ0n) is 9.63. The third-order valence-electron chi connectivity index (χ3n) is 2.02. The summed E-state index contributed by atoms with van der Waals surface area (Å²) in [6.07, 6.45) is 1.34. The lowest BCUT2D eigenvalue weighted by atomic mass is 10.2. The third-order valence-corrected chi connectivity index (χ3v) is 2.02. The molecule has 0 saturated carbocycles. The second kappa shape index (κ2) is 8.05. The van der Waals surface area contributed by atoms with Crippen LogP contribution in [0.5, 0.6) is 0 Å². The minimum atomic E-state index is 0.0318. The van der Waals surface area contributed by atoms with Gasteiger partial charge in [0.1, 0.15) is 0 Å². The van der Waals surface area contributed by atoms with Crippen LogP contribution in [-0.2, 0) is 4.79 Å². The average molecular weight is 215 g/mol. The largest absolute Gasteiger partial charge is 0.355 e. The summed E-state index contributed by atoms with van der Waals surface area (Å²) in [4.78, 5) is 15.1. The molecule has 0 aromatic rings. The molecule has 0 fully saturated rings. The number of rotatable bonds is 5. The van der Waals surface area contributed by atoms with E-state index in [0.717, 1.165) is 6.42 Å². The molecule has 6 heteroatoms. The molecule has 0 aliphatic heterocycles. The van der Waals surface area contributed by atoms with E-state index >= 15 is 0 Å². The number of nitrogens with one attached hydrogen (secondary N) is 3. The van der Waals surface area contributed by atoms with Crippen LogP contribution in [0.25, 0.3) is 0 Å². The fraction of sp³-hybridized carbons (Fsp3) is 0.778. The van der Waals surface area contributed by atoms with E-state index in [2.05, 4.69) is 21.1 Å². The number of amides is 1. The normalized spacial score (nSPS) is 13.2. The van der Waals surface area contributed by atoms with Gasteiger partial charge in [-0.05, 0) is 13.3 Å². The predicted molar refractivity (Wildman–Crippen MR) is 61.2 cm³/mol. The van der Waals surface area contributed by atoms with Gasteiger partial charge in [-0.25, -0.2) is 5.84 Å². The van der Waals surface area contributed by atoms with Gasteiger partial charge in [0.2, 0.25) is 11.9 Å². The van der Waals surface area contributed by atoms with Gasteiger partial charge in [0.25, 0.3) is 0 Å². The highest BCUT2D eigenvalue weighted by molar-refractivity contribution is 5.80. The summed E-state index contributed by atoms with van der Waals surface area (Å²) in [5, 5.41) is 5.76. The number of hydrogen-bond acceptors (Lipinski definition) is 3. The van der Waals surface area contributed by atoms with Crippen LogP contribution in [0.2, 0.25) is 0 Å². The highest BCUT2D eigenvalue weighted by Crippen LogP contribution is 1.88. The highest BCUT2D eigenvalue weighted by atomic mass is 16.1. The number of nitrogens with zero attached hydrogens (tertiary/aromatic N) is 1. The van der Waals surface area contributed by atoms with Crippen LogP contribution in [0.3, 0.4) is 0 Å². The van der Waals surface area contributed by atoms with Crippen molar-refractivity contribution in [3.8, 4) is 0 Å². The summed E-state index contributed by atoms with van der Waals surface area (Å²) in [6, 6.07) is 0.226. The Morgan fingerprint density at radius 2 is 2.20 bits per heavy atom. The van der Waals surface area contributed by atoms with Gasteiger partial charge in [-0.3, -0.25) is 15.2 Å². The number of guanidine groups is 1. The number of nitrogens with two attached hydrogens (primary N) is 1. The lowest BCUT2D eigenvalue weighted by molar-refractivity contribution is -0.121. The molecule has 0 aliphatic rings. The van der Waals surface area contributed by atoms with Crippen LogP contribution in [-0.4, -0.2) is 31.5 Å². The van der Waals surface area contributed by atoms with Crippen LogP contribution in [0.4, 0.5) is 0 Å². The molecule has 88 valence electrons. The van der Waals surface area contributed by atoms with Crippen molar-refractivity contribution in [2.45, 2.75) is 32.7 Å². The first-order valence-electron chi connectivity index (χ1n) is 5.10. The summed E-state index contributed by atoms with van der Waals surface area (Å²) in [7, 11) is 1.61. The van der Waals surface area contributed by atoms with Crippen molar-refractivity contribution in [3.05, 3.63) is 0 Å². The summed E-state index contributed by atoms with van der Waals surface area (Å²) in [5.41, 5.74) is 2.38. The Morgan fingerprint density at radius 1 is 1.53 bits per heavy atom. The molecule has 1 unspecified atom stereocenters. The van der Waals surface area contributed by atoms with Crippen LogP contribution in [0.15, 0.2) is 4.99 Å². The number of carbonyl (C=O) groups is 1. The lowest BCUT2D eigenvalue weighted by Crippen LogP contribution is -2.43. The molecule has 0 saturated heterocycles. The minimum absolute atomic E-state index is 0.0318. The number of carbonyl (C=O) groups excluding carboxylic acids is 1. The van der Waals surface area contributed by atoms with Gasteiger partial charge in [-0.15, -0.1) is 0 Å². The summed E-state index contributed by atoms with van der Waals surface area (Å²) < 4.78 is 0. The SMILES string of the molecule is CCC(C)NC(=O)CCNC(=NC)NN. The molecule has 0 radical (unpaired) electrons. The maximum atomic E-state index is 11.3. The summed E-state index contributed by atoms with van der Waals surface area (Å²) >= 11 is 0. The molecular formula is C9H21N5O. The third kappa shape index (κ3) is 6.73. The number of hydrogen-bond donors (Lipinski definition) is 4. The molecular weight excluding hydrogens is 194 g/mol. The molecule has 0 aromatic carbocycles. The van der Waals surface area contributed by atoms with Crippen LogP contribution in [0, 0.1) is 0 Å². The second-order valence-electron chi connectivity index (χ2n) is 3.27. The molecule has 1 amide bonds. The fourth-order valence-electron chi connectivity index (χ4n) is 0.938. The van der Waals surface area contributed by atoms with Crippen LogP contribution < -0.4 is 21.9 Å². The zero-order valence-corrected chi connectivity index (χ0v) is 9.63. The van der Waals surface area contributed by atoms with E-state index in [1.54, 1.807) is 7.05 Å².